The van der Waals surface area contributed by atoms with Gasteiger partial charge in [-0.3, -0.25) is 0 Å². The van der Waals surface area contributed by atoms with Gasteiger partial charge in [-0.2, -0.15) is 17.0 Å². The van der Waals surface area contributed by atoms with Crippen molar-refractivity contribution in [1.29, 1.82) is 0 Å². The standard InChI is InChI=1S/C15H27N5O2S/c1-12-8-13(2)11-19(10-12)23(21,22)20-7-4-16-9-14(20)15-17-5-6-18(15)3/h5-6,12-14,16H,4,7-11H2,1-3H3. The number of rotatable bonds is 3. The summed E-state index contributed by atoms with van der Waals surface area (Å²) in [6.07, 6.45) is 4.68. The molecule has 3 heterocycles. The van der Waals surface area contributed by atoms with Crippen molar-refractivity contribution >= 4 is 10.2 Å². The highest BCUT2D eigenvalue weighted by molar-refractivity contribution is 7.86. The van der Waals surface area contributed by atoms with Crippen molar-refractivity contribution in [2.24, 2.45) is 18.9 Å². The van der Waals surface area contributed by atoms with Crippen LogP contribution in [0.3, 0.4) is 0 Å². The van der Waals surface area contributed by atoms with Gasteiger partial charge in [-0.15, -0.1) is 0 Å². The molecule has 0 aliphatic carbocycles. The van der Waals surface area contributed by atoms with Crippen LogP contribution in [-0.2, 0) is 17.3 Å². The number of hydrogen-bond acceptors (Lipinski definition) is 4. The number of piperazine rings is 1. The highest BCUT2D eigenvalue weighted by Crippen LogP contribution is 2.29. The molecule has 0 bridgehead atoms. The Morgan fingerprint density at radius 1 is 1.26 bits per heavy atom. The predicted octanol–water partition coefficient (Wildman–Crippen LogP) is 0.589. The minimum Gasteiger partial charge on any atom is -0.337 e. The summed E-state index contributed by atoms with van der Waals surface area (Å²) in [6.45, 7) is 7.26. The zero-order valence-electron chi connectivity index (χ0n) is 14.1. The second-order valence-electron chi connectivity index (χ2n) is 7.00. The molecule has 1 N–H and O–H groups in total. The molecule has 0 amide bonds. The first-order valence-corrected chi connectivity index (χ1v) is 9.74. The summed E-state index contributed by atoms with van der Waals surface area (Å²) in [5, 5.41) is 3.29. The normalized spacial score (nSPS) is 31.3. The smallest absolute Gasteiger partial charge is 0.282 e. The molecule has 0 radical (unpaired) electrons. The van der Waals surface area contributed by atoms with E-state index in [1.807, 2.05) is 17.8 Å². The monoisotopic (exact) mass is 341 g/mol. The largest absolute Gasteiger partial charge is 0.337 e. The zero-order valence-corrected chi connectivity index (χ0v) is 15.0. The molecule has 0 saturated carbocycles. The number of hydrogen-bond donors (Lipinski definition) is 1. The van der Waals surface area contributed by atoms with E-state index in [1.165, 1.54) is 0 Å². The van der Waals surface area contributed by atoms with Crippen molar-refractivity contribution < 1.29 is 8.42 Å². The first-order chi connectivity index (χ1) is 10.9. The van der Waals surface area contributed by atoms with Crippen LogP contribution >= 0.6 is 0 Å². The molecule has 0 spiro atoms. The molecule has 1 aromatic heterocycles. The van der Waals surface area contributed by atoms with Gasteiger partial charge in [0.1, 0.15) is 5.82 Å². The molecule has 2 aliphatic rings. The van der Waals surface area contributed by atoms with Crippen LogP contribution in [0.1, 0.15) is 32.1 Å². The van der Waals surface area contributed by atoms with Crippen LogP contribution in [0, 0.1) is 11.8 Å². The summed E-state index contributed by atoms with van der Waals surface area (Å²) in [4.78, 5) is 4.38. The van der Waals surface area contributed by atoms with Crippen molar-refractivity contribution in [2.45, 2.75) is 26.3 Å². The topological polar surface area (TPSA) is 70.5 Å². The molecule has 3 atom stereocenters. The lowest BCUT2D eigenvalue weighted by molar-refractivity contribution is 0.187. The van der Waals surface area contributed by atoms with E-state index in [0.29, 0.717) is 44.6 Å². The van der Waals surface area contributed by atoms with Gasteiger partial charge in [-0.25, -0.2) is 4.98 Å². The summed E-state index contributed by atoms with van der Waals surface area (Å²) in [5.74, 6) is 1.60. The third kappa shape index (κ3) is 3.31. The van der Waals surface area contributed by atoms with Crippen LogP contribution in [0.5, 0.6) is 0 Å². The minimum absolute atomic E-state index is 0.249. The Morgan fingerprint density at radius 3 is 2.57 bits per heavy atom. The highest BCUT2D eigenvalue weighted by Gasteiger charge is 2.40. The van der Waals surface area contributed by atoms with E-state index in [0.717, 1.165) is 12.2 Å². The SMILES string of the molecule is CC1CC(C)CN(S(=O)(=O)N2CCNCC2c2nccn2C)C1. The van der Waals surface area contributed by atoms with Gasteiger partial charge in [0.15, 0.2) is 0 Å². The van der Waals surface area contributed by atoms with Crippen molar-refractivity contribution in [2.75, 3.05) is 32.7 Å². The molecule has 3 unspecified atom stereocenters. The summed E-state index contributed by atoms with van der Waals surface area (Å²) in [7, 11) is -1.56. The average molecular weight is 341 g/mol. The predicted molar refractivity (Wildman–Crippen MR) is 89.0 cm³/mol. The molecule has 2 fully saturated rings. The molecule has 2 saturated heterocycles. The fraction of sp³-hybridized carbons (Fsp3) is 0.800. The molecule has 0 aromatic carbocycles. The summed E-state index contributed by atoms with van der Waals surface area (Å²) in [6, 6.07) is -0.249. The van der Waals surface area contributed by atoms with Gasteiger partial charge in [-0.1, -0.05) is 13.8 Å². The Bertz CT molecular complexity index is 634. The molecule has 8 heteroatoms. The van der Waals surface area contributed by atoms with Crippen LogP contribution in [0.25, 0.3) is 0 Å². The van der Waals surface area contributed by atoms with E-state index in [-0.39, 0.29) is 6.04 Å². The van der Waals surface area contributed by atoms with Crippen molar-refractivity contribution in [3.05, 3.63) is 18.2 Å². The van der Waals surface area contributed by atoms with Gasteiger partial charge < -0.3 is 9.88 Å². The van der Waals surface area contributed by atoms with Gasteiger partial charge in [-0.05, 0) is 18.3 Å². The molecule has 7 nitrogen and oxygen atoms in total. The van der Waals surface area contributed by atoms with Gasteiger partial charge in [0, 0.05) is 52.2 Å². The van der Waals surface area contributed by atoms with E-state index < -0.39 is 10.2 Å². The Hall–Kier alpha value is -0.960. The van der Waals surface area contributed by atoms with E-state index >= 15 is 0 Å². The maximum Gasteiger partial charge on any atom is 0.282 e. The van der Waals surface area contributed by atoms with Gasteiger partial charge in [0.2, 0.25) is 0 Å². The van der Waals surface area contributed by atoms with Crippen LogP contribution in [0.15, 0.2) is 12.4 Å². The number of nitrogens with zero attached hydrogens (tertiary/aromatic N) is 4. The minimum atomic E-state index is -3.47. The van der Waals surface area contributed by atoms with Crippen molar-refractivity contribution in [1.82, 2.24) is 23.5 Å². The van der Waals surface area contributed by atoms with Gasteiger partial charge >= 0.3 is 0 Å². The number of aromatic nitrogens is 2. The highest BCUT2D eigenvalue weighted by atomic mass is 32.2. The quantitative estimate of drug-likeness (QED) is 0.873. The molecule has 23 heavy (non-hydrogen) atoms. The van der Waals surface area contributed by atoms with Crippen LogP contribution < -0.4 is 5.32 Å². The second-order valence-corrected chi connectivity index (χ2v) is 8.88. The van der Waals surface area contributed by atoms with Gasteiger partial charge in [0.25, 0.3) is 10.2 Å². The molecular formula is C15H27N5O2S. The molecule has 2 aliphatic heterocycles. The molecule has 3 rings (SSSR count). The number of imidazole rings is 1. The molecule has 1 aromatic rings. The zero-order chi connectivity index (χ0) is 16.6. The van der Waals surface area contributed by atoms with Crippen molar-refractivity contribution in [3.8, 4) is 0 Å². The lowest BCUT2D eigenvalue weighted by atomic mass is 9.94. The van der Waals surface area contributed by atoms with Crippen LogP contribution in [0.2, 0.25) is 0 Å². The Morgan fingerprint density at radius 2 is 1.96 bits per heavy atom. The fourth-order valence-corrected chi connectivity index (χ4v) is 5.82. The summed E-state index contributed by atoms with van der Waals surface area (Å²) >= 11 is 0. The summed E-state index contributed by atoms with van der Waals surface area (Å²) in [5.41, 5.74) is 0. The molecule has 130 valence electrons. The van der Waals surface area contributed by atoms with E-state index in [2.05, 4.69) is 24.1 Å². The van der Waals surface area contributed by atoms with E-state index in [9.17, 15) is 8.42 Å². The maximum atomic E-state index is 13.2. The maximum absolute atomic E-state index is 13.2. The third-order valence-electron chi connectivity index (χ3n) is 4.81. The van der Waals surface area contributed by atoms with E-state index in [4.69, 9.17) is 0 Å². The number of nitrogens with one attached hydrogen (secondary N) is 1. The Kier molecular flexibility index (Phi) is 4.78. The van der Waals surface area contributed by atoms with Crippen molar-refractivity contribution in [3.63, 3.8) is 0 Å². The second kappa shape index (κ2) is 6.51. The lowest BCUT2D eigenvalue weighted by Crippen LogP contribution is -2.56. The number of aryl methyl sites for hydroxylation is 1. The lowest BCUT2D eigenvalue weighted by Gasteiger charge is -2.41. The average Bonchev–Trinajstić information content (AvgIpc) is 2.92. The Balaban J connectivity index is 1.88. The Labute approximate surface area is 138 Å². The summed E-state index contributed by atoms with van der Waals surface area (Å²) < 4.78 is 31.7. The van der Waals surface area contributed by atoms with Crippen LogP contribution in [-0.4, -0.2) is 59.3 Å². The van der Waals surface area contributed by atoms with Crippen LogP contribution in [0.4, 0.5) is 0 Å². The van der Waals surface area contributed by atoms with Gasteiger partial charge in [0.05, 0.1) is 6.04 Å². The first-order valence-electron chi connectivity index (χ1n) is 8.34. The third-order valence-corrected chi connectivity index (χ3v) is 6.79. The van der Waals surface area contributed by atoms with E-state index in [1.54, 1.807) is 14.8 Å². The fourth-order valence-electron chi connectivity index (χ4n) is 3.82. The number of piperidine rings is 1. The molecular weight excluding hydrogens is 314 g/mol. The first kappa shape index (κ1) is 16.9.